The third-order valence-electron chi connectivity index (χ3n) is 2.69. The molecule has 2 unspecified atom stereocenters. The average Bonchev–Trinajstić information content (AvgIpc) is 2.87. The molecular formula is C11H15NO2S. The van der Waals surface area contributed by atoms with Gasteiger partial charge in [-0.25, -0.2) is 0 Å². The van der Waals surface area contributed by atoms with E-state index in [1.165, 1.54) is 0 Å². The Hall–Kier alpha value is -0.710. The van der Waals surface area contributed by atoms with Gasteiger partial charge in [-0.05, 0) is 18.0 Å². The third-order valence-corrected chi connectivity index (χ3v) is 3.37. The molecule has 1 aliphatic rings. The van der Waals surface area contributed by atoms with Crippen LogP contribution in [0.1, 0.15) is 17.3 Å². The molecule has 0 bridgehead atoms. The summed E-state index contributed by atoms with van der Waals surface area (Å²) in [5.74, 6) is 0.194. The minimum atomic E-state index is -0.0143. The number of likely N-dealkylation sites (N-methyl/N-ethyl adjacent to an activating group) is 1. The Kier molecular flexibility index (Phi) is 3.51. The lowest BCUT2D eigenvalue weighted by Crippen LogP contribution is -2.39. The summed E-state index contributed by atoms with van der Waals surface area (Å²) in [6.07, 6.45) is 0. The first-order valence-corrected chi connectivity index (χ1v) is 6.14. The molecular weight excluding hydrogens is 210 g/mol. The van der Waals surface area contributed by atoms with E-state index < -0.39 is 0 Å². The summed E-state index contributed by atoms with van der Waals surface area (Å²) in [4.78, 5) is 12.1. The smallest absolute Gasteiger partial charge is 0.170 e. The van der Waals surface area contributed by atoms with E-state index >= 15 is 0 Å². The van der Waals surface area contributed by atoms with Gasteiger partial charge >= 0.3 is 0 Å². The maximum Gasteiger partial charge on any atom is 0.170 e. The lowest BCUT2D eigenvalue weighted by Gasteiger charge is -2.16. The first-order valence-electron chi connectivity index (χ1n) is 5.20. The molecule has 15 heavy (non-hydrogen) atoms. The second-order valence-corrected chi connectivity index (χ2v) is 4.46. The monoisotopic (exact) mass is 225 g/mol. The number of Topliss-reactive ketones (excluding diaryl/α,β-unsaturated/α-hetero) is 1. The van der Waals surface area contributed by atoms with Gasteiger partial charge < -0.3 is 10.1 Å². The van der Waals surface area contributed by atoms with Crippen molar-refractivity contribution in [2.45, 2.75) is 13.0 Å². The van der Waals surface area contributed by atoms with Gasteiger partial charge in [-0.2, -0.15) is 11.3 Å². The van der Waals surface area contributed by atoms with Crippen LogP contribution in [0.2, 0.25) is 0 Å². The van der Waals surface area contributed by atoms with Gasteiger partial charge in [0, 0.05) is 17.0 Å². The molecule has 0 spiro atoms. The summed E-state index contributed by atoms with van der Waals surface area (Å²) in [5, 5.41) is 7.14. The Morgan fingerprint density at radius 1 is 1.67 bits per heavy atom. The van der Waals surface area contributed by atoms with E-state index in [-0.39, 0.29) is 17.7 Å². The molecule has 0 amide bonds. The fraction of sp³-hybridized carbons (Fsp3) is 0.545. The Bertz CT molecular complexity index is 323. The highest BCUT2D eigenvalue weighted by molar-refractivity contribution is 7.08. The van der Waals surface area contributed by atoms with E-state index in [1.807, 2.05) is 23.8 Å². The summed E-state index contributed by atoms with van der Waals surface area (Å²) in [6.45, 7) is 4.12. The van der Waals surface area contributed by atoms with E-state index in [1.54, 1.807) is 11.3 Å². The lowest BCUT2D eigenvalue weighted by molar-refractivity contribution is 0.0892. The van der Waals surface area contributed by atoms with Crippen molar-refractivity contribution in [2.75, 3.05) is 19.8 Å². The van der Waals surface area contributed by atoms with E-state index in [0.29, 0.717) is 13.2 Å². The molecule has 2 heterocycles. The van der Waals surface area contributed by atoms with E-state index in [4.69, 9.17) is 4.74 Å². The minimum absolute atomic E-state index is 0.0143. The maximum absolute atomic E-state index is 12.1. The maximum atomic E-state index is 12.1. The van der Waals surface area contributed by atoms with Gasteiger partial charge in [-0.15, -0.1) is 0 Å². The zero-order valence-electron chi connectivity index (χ0n) is 8.73. The molecule has 0 aliphatic carbocycles. The molecule has 1 aliphatic heterocycles. The van der Waals surface area contributed by atoms with Crippen molar-refractivity contribution in [1.29, 1.82) is 0 Å². The first-order chi connectivity index (χ1) is 7.33. The van der Waals surface area contributed by atoms with Crippen LogP contribution >= 0.6 is 11.3 Å². The lowest BCUT2D eigenvalue weighted by atomic mass is 9.95. The number of ether oxygens (including phenoxy) is 1. The molecule has 3 nitrogen and oxygen atoms in total. The number of hydrogen-bond acceptors (Lipinski definition) is 4. The predicted octanol–water partition coefficient (Wildman–Crippen LogP) is 1.56. The summed E-state index contributed by atoms with van der Waals surface area (Å²) in [6, 6.07) is 2.07. The molecule has 1 saturated heterocycles. The number of hydrogen-bond donors (Lipinski definition) is 1. The van der Waals surface area contributed by atoms with Crippen molar-refractivity contribution >= 4 is 17.1 Å². The Morgan fingerprint density at radius 3 is 3.20 bits per heavy atom. The highest BCUT2D eigenvalue weighted by Crippen LogP contribution is 2.20. The highest BCUT2D eigenvalue weighted by atomic mass is 32.1. The van der Waals surface area contributed by atoms with E-state index in [0.717, 1.165) is 12.1 Å². The SMILES string of the molecule is CCNC1COCC1C(=O)c1ccsc1. The Balaban J connectivity index is 2.06. The molecule has 2 atom stereocenters. The van der Waals surface area contributed by atoms with Crippen LogP contribution < -0.4 is 5.32 Å². The Labute approximate surface area is 93.4 Å². The number of nitrogens with one attached hydrogen (secondary N) is 1. The fourth-order valence-electron chi connectivity index (χ4n) is 1.89. The van der Waals surface area contributed by atoms with Crippen molar-refractivity contribution in [1.82, 2.24) is 5.32 Å². The van der Waals surface area contributed by atoms with Crippen LogP contribution in [-0.4, -0.2) is 31.6 Å². The van der Waals surface area contributed by atoms with Crippen LogP contribution in [0.3, 0.4) is 0 Å². The van der Waals surface area contributed by atoms with Gasteiger partial charge in [-0.3, -0.25) is 4.79 Å². The van der Waals surface area contributed by atoms with Gasteiger partial charge in [0.1, 0.15) is 0 Å². The topological polar surface area (TPSA) is 38.3 Å². The highest BCUT2D eigenvalue weighted by Gasteiger charge is 2.33. The van der Waals surface area contributed by atoms with Crippen LogP contribution in [0, 0.1) is 5.92 Å². The summed E-state index contributed by atoms with van der Waals surface area (Å²) >= 11 is 1.56. The summed E-state index contributed by atoms with van der Waals surface area (Å²) in [7, 11) is 0. The number of carbonyl (C=O) groups excluding carboxylic acids is 1. The number of thiophene rings is 1. The van der Waals surface area contributed by atoms with Gasteiger partial charge in [0.25, 0.3) is 0 Å². The molecule has 1 fully saturated rings. The standard InChI is InChI=1S/C11H15NO2S/c1-2-12-10-6-14-5-9(10)11(13)8-3-4-15-7-8/h3-4,7,9-10,12H,2,5-6H2,1H3. The predicted molar refractivity (Wildman–Crippen MR) is 60.4 cm³/mol. The van der Waals surface area contributed by atoms with Gasteiger partial charge in [-0.1, -0.05) is 6.92 Å². The van der Waals surface area contributed by atoms with Crippen LogP contribution in [-0.2, 0) is 4.74 Å². The summed E-state index contributed by atoms with van der Waals surface area (Å²) in [5.41, 5.74) is 0.818. The van der Waals surface area contributed by atoms with Crippen molar-refractivity contribution in [3.8, 4) is 0 Å². The van der Waals surface area contributed by atoms with Gasteiger partial charge in [0.2, 0.25) is 0 Å². The van der Waals surface area contributed by atoms with Crippen molar-refractivity contribution in [3.05, 3.63) is 22.4 Å². The first kappa shape index (κ1) is 10.8. The van der Waals surface area contributed by atoms with E-state index in [2.05, 4.69) is 5.32 Å². The second-order valence-electron chi connectivity index (χ2n) is 3.68. The third kappa shape index (κ3) is 2.27. The van der Waals surface area contributed by atoms with Crippen molar-refractivity contribution in [3.63, 3.8) is 0 Å². The van der Waals surface area contributed by atoms with Gasteiger partial charge in [0.15, 0.2) is 5.78 Å². The average molecular weight is 225 g/mol. The van der Waals surface area contributed by atoms with E-state index in [9.17, 15) is 4.79 Å². The van der Waals surface area contributed by atoms with Crippen LogP contribution in [0.15, 0.2) is 16.8 Å². The molecule has 1 N–H and O–H groups in total. The molecule has 1 aromatic heterocycles. The minimum Gasteiger partial charge on any atom is -0.379 e. The van der Waals surface area contributed by atoms with Crippen molar-refractivity contribution in [2.24, 2.45) is 5.92 Å². The molecule has 2 rings (SSSR count). The summed E-state index contributed by atoms with van der Waals surface area (Å²) < 4.78 is 5.36. The number of ketones is 1. The van der Waals surface area contributed by atoms with Crippen LogP contribution in [0.5, 0.6) is 0 Å². The Morgan fingerprint density at radius 2 is 2.53 bits per heavy atom. The van der Waals surface area contributed by atoms with Crippen LogP contribution in [0.4, 0.5) is 0 Å². The second kappa shape index (κ2) is 4.88. The molecule has 82 valence electrons. The normalized spacial score (nSPS) is 25.7. The quantitative estimate of drug-likeness (QED) is 0.790. The largest absolute Gasteiger partial charge is 0.379 e. The molecule has 0 aromatic carbocycles. The fourth-order valence-corrected chi connectivity index (χ4v) is 2.54. The van der Waals surface area contributed by atoms with Gasteiger partial charge in [0.05, 0.1) is 19.1 Å². The molecule has 0 radical (unpaired) electrons. The number of carbonyl (C=O) groups is 1. The zero-order chi connectivity index (χ0) is 10.7. The zero-order valence-corrected chi connectivity index (χ0v) is 9.55. The molecule has 0 saturated carbocycles. The van der Waals surface area contributed by atoms with Crippen molar-refractivity contribution < 1.29 is 9.53 Å². The number of rotatable bonds is 4. The molecule has 4 heteroatoms. The van der Waals surface area contributed by atoms with Crippen LogP contribution in [0.25, 0.3) is 0 Å². The molecule has 1 aromatic rings.